The van der Waals surface area contributed by atoms with Gasteiger partial charge >= 0.3 is 0 Å². The summed E-state index contributed by atoms with van der Waals surface area (Å²) in [6.07, 6.45) is 1.58. The van der Waals surface area contributed by atoms with Crippen molar-refractivity contribution < 1.29 is 14.0 Å². The highest BCUT2D eigenvalue weighted by molar-refractivity contribution is 6.30. The molecule has 2 aliphatic rings. The summed E-state index contributed by atoms with van der Waals surface area (Å²) >= 11 is 6.15. The molecule has 4 heterocycles. The van der Waals surface area contributed by atoms with E-state index in [-0.39, 0.29) is 30.8 Å². The highest BCUT2D eigenvalue weighted by Crippen LogP contribution is 2.48. The average Bonchev–Trinajstić information content (AvgIpc) is 3.47. The lowest BCUT2D eigenvalue weighted by Crippen LogP contribution is -2.67. The van der Waals surface area contributed by atoms with Crippen molar-refractivity contribution in [3.8, 4) is 0 Å². The summed E-state index contributed by atoms with van der Waals surface area (Å²) < 4.78 is 5.45. The van der Waals surface area contributed by atoms with Crippen LogP contribution in [-0.2, 0) is 21.7 Å². The molecule has 0 aliphatic carbocycles. The number of aromatic amines is 1. The Morgan fingerprint density at radius 2 is 1.88 bits per heavy atom. The molecular weight excluding hydrogens is 438 g/mol. The smallest absolute Gasteiger partial charge is 0.255 e. The Bertz CT molecular complexity index is 1380. The van der Waals surface area contributed by atoms with E-state index in [9.17, 15) is 9.59 Å². The Morgan fingerprint density at radius 3 is 2.64 bits per heavy atom. The molecule has 2 aromatic heterocycles. The van der Waals surface area contributed by atoms with Crippen LogP contribution in [0, 0.1) is 0 Å². The van der Waals surface area contributed by atoms with Crippen molar-refractivity contribution in [2.45, 2.75) is 24.9 Å². The van der Waals surface area contributed by atoms with Gasteiger partial charge in [0.05, 0.1) is 18.5 Å². The molecule has 33 heavy (non-hydrogen) atoms. The maximum atomic E-state index is 13.9. The van der Waals surface area contributed by atoms with E-state index in [0.717, 1.165) is 27.7 Å². The number of carbonyl (C=O) groups excluding carboxylic acids is 2. The van der Waals surface area contributed by atoms with Gasteiger partial charge in [0.1, 0.15) is 12.3 Å². The third kappa shape index (κ3) is 2.94. The van der Waals surface area contributed by atoms with Crippen LogP contribution in [0.3, 0.4) is 0 Å². The highest BCUT2D eigenvalue weighted by Gasteiger charge is 2.56. The standard InChI is InChI=1S/C26H22ClN3O3/c1-26-24-23(19-6-2-3-7-21(19)28-24)20(16-8-10-17(27)11-9-16)14-30(26)22(31)15-29(25(26)32)13-18-5-4-12-33-18/h2-12,20,28H,13-15H2,1H3. The third-order valence-electron chi connectivity index (χ3n) is 7.02. The molecule has 1 fully saturated rings. The van der Waals surface area contributed by atoms with Gasteiger partial charge in [-0.3, -0.25) is 9.59 Å². The Balaban J connectivity index is 1.53. The van der Waals surface area contributed by atoms with Gasteiger partial charge < -0.3 is 19.2 Å². The maximum absolute atomic E-state index is 13.9. The summed E-state index contributed by atoms with van der Waals surface area (Å²) in [5.41, 5.74) is 2.72. The number of H-pyrrole nitrogens is 1. The SMILES string of the molecule is CC12C(=O)N(Cc3ccco3)CC(=O)N1CC(c1ccc(Cl)cc1)c1c2[nH]c2ccccc12. The number of hydrogen-bond acceptors (Lipinski definition) is 3. The number of aromatic nitrogens is 1. The van der Waals surface area contributed by atoms with Crippen molar-refractivity contribution in [3.63, 3.8) is 0 Å². The van der Waals surface area contributed by atoms with Gasteiger partial charge in [-0.1, -0.05) is 41.9 Å². The maximum Gasteiger partial charge on any atom is 0.255 e. The molecule has 2 aromatic carbocycles. The van der Waals surface area contributed by atoms with Crippen molar-refractivity contribution in [2.24, 2.45) is 0 Å². The zero-order valence-electron chi connectivity index (χ0n) is 18.0. The van der Waals surface area contributed by atoms with Gasteiger partial charge in [0.15, 0.2) is 5.54 Å². The number of para-hydroxylation sites is 1. The fourth-order valence-corrected chi connectivity index (χ4v) is 5.51. The van der Waals surface area contributed by atoms with Gasteiger partial charge in [0, 0.05) is 28.4 Å². The molecule has 0 saturated carbocycles. The van der Waals surface area contributed by atoms with Crippen molar-refractivity contribution in [1.82, 2.24) is 14.8 Å². The minimum atomic E-state index is -1.13. The molecule has 2 aliphatic heterocycles. The second kappa shape index (κ2) is 7.25. The van der Waals surface area contributed by atoms with E-state index in [1.165, 1.54) is 0 Å². The first-order valence-electron chi connectivity index (χ1n) is 11.0. The molecule has 2 amide bonds. The summed E-state index contributed by atoms with van der Waals surface area (Å²) in [6.45, 7) is 2.56. The van der Waals surface area contributed by atoms with Crippen LogP contribution in [0.15, 0.2) is 71.3 Å². The van der Waals surface area contributed by atoms with E-state index in [1.807, 2.05) is 55.5 Å². The van der Waals surface area contributed by atoms with Gasteiger partial charge in [-0.25, -0.2) is 0 Å². The number of nitrogens with zero attached hydrogens (tertiary/aromatic N) is 2. The van der Waals surface area contributed by atoms with E-state index in [1.54, 1.807) is 22.1 Å². The van der Waals surface area contributed by atoms with E-state index in [0.29, 0.717) is 17.3 Å². The summed E-state index contributed by atoms with van der Waals surface area (Å²) in [4.78, 5) is 34.2. The zero-order valence-corrected chi connectivity index (χ0v) is 18.8. The van der Waals surface area contributed by atoms with E-state index in [4.69, 9.17) is 16.0 Å². The Morgan fingerprint density at radius 1 is 1.09 bits per heavy atom. The number of halogens is 1. The Hall–Kier alpha value is -3.51. The second-order valence-corrected chi connectivity index (χ2v) is 9.32. The molecule has 0 spiro atoms. The number of fused-ring (bicyclic) bond motifs is 5. The van der Waals surface area contributed by atoms with Gasteiger partial charge in [-0.05, 0) is 48.4 Å². The molecule has 166 valence electrons. The first-order valence-corrected chi connectivity index (χ1v) is 11.3. The lowest BCUT2D eigenvalue weighted by molar-refractivity contribution is -0.167. The molecule has 6 rings (SSSR count). The van der Waals surface area contributed by atoms with E-state index < -0.39 is 5.54 Å². The molecule has 7 heteroatoms. The van der Waals surface area contributed by atoms with Crippen LogP contribution >= 0.6 is 11.6 Å². The summed E-state index contributed by atoms with van der Waals surface area (Å²) in [6, 6.07) is 19.4. The number of hydrogen-bond donors (Lipinski definition) is 1. The Kier molecular flexibility index (Phi) is 4.42. The summed E-state index contributed by atoms with van der Waals surface area (Å²) in [5, 5.41) is 1.73. The molecule has 4 aromatic rings. The quantitative estimate of drug-likeness (QED) is 0.485. The minimum absolute atomic E-state index is 0.0258. The largest absolute Gasteiger partial charge is 0.467 e. The molecule has 0 bridgehead atoms. The van der Waals surface area contributed by atoms with Crippen molar-refractivity contribution >= 4 is 34.3 Å². The van der Waals surface area contributed by atoms with Gasteiger partial charge in [-0.15, -0.1) is 0 Å². The molecular formula is C26H22ClN3O3. The molecule has 2 unspecified atom stereocenters. The lowest BCUT2D eigenvalue weighted by atomic mass is 9.76. The van der Waals surface area contributed by atoms with Crippen molar-refractivity contribution in [1.29, 1.82) is 0 Å². The minimum Gasteiger partial charge on any atom is -0.467 e. The van der Waals surface area contributed by atoms with Crippen LogP contribution in [0.4, 0.5) is 0 Å². The van der Waals surface area contributed by atoms with Crippen LogP contribution in [-0.4, -0.2) is 39.7 Å². The lowest BCUT2D eigenvalue weighted by Gasteiger charge is -2.51. The van der Waals surface area contributed by atoms with Gasteiger partial charge in [0.2, 0.25) is 5.91 Å². The van der Waals surface area contributed by atoms with Gasteiger partial charge in [-0.2, -0.15) is 0 Å². The van der Waals surface area contributed by atoms with Crippen LogP contribution in [0.5, 0.6) is 0 Å². The first-order chi connectivity index (χ1) is 16.0. The van der Waals surface area contributed by atoms with E-state index in [2.05, 4.69) is 11.1 Å². The van der Waals surface area contributed by atoms with Crippen LogP contribution in [0.1, 0.15) is 35.4 Å². The number of rotatable bonds is 3. The summed E-state index contributed by atoms with van der Waals surface area (Å²) in [7, 11) is 0. The van der Waals surface area contributed by atoms with Crippen LogP contribution in [0.25, 0.3) is 10.9 Å². The number of carbonyl (C=O) groups is 2. The fourth-order valence-electron chi connectivity index (χ4n) is 5.39. The highest BCUT2D eigenvalue weighted by atomic mass is 35.5. The van der Waals surface area contributed by atoms with Crippen LogP contribution in [0.2, 0.25) is 5.02 Å². The predicted octanol–water partition coefficient (Wildman–Crippen LogP) is 4.65. The van der Waals surface area contributed by atoms with Gasteiger partial charge in [0.25, 0.3) is 5.91 Å². The molecule has 2 atom stereocenters. The number of furan rings is 1. The molecule has 6 nitrogen and oxygen atoms in total. The number of piperazine rings is 1. The predicted molar refractivity (Wildman–Crippen MR) is 125 cm³/mol. The summed E-state index contributed by atoms with van der Waals surface area (Å²) in [5.74, 6) is 0.391. The molecule has 1 saturated heterocycles. The monoisotopic (exact) mass is 459 g/mol. The fraction of sp³-hybridized carbons (Fsp3) is 0.231. The van der Waals surface area contributed by atoms with Crippen molar-refractivity contribution in [2.75, 3.05) is 13.1 Å². The van der Waals surface area contributed by atoms with Crippen LogP contribution < -0.4 is 0 Å². The molecule has 0 radical (unpaired) electrons. The second-order valence-electron chi connectivity index (χ2n) is 8.88. The van der Waals surface area contributed by atoms with E-state index >= 15 is 0 Å². The third-order valence-corrected chi connectivity index (χ3v) is 7.27. The first kappa shape index (κ1) is 20.1. The topological polar surface area (TPSA) is 69.6 Å². The number of nitrogens with one attached hydrogen (secondary N) is 1. The molecule has 1 N–H and O–H groups in total. The number of benzene rings is 2. The Labute approximate surface area is 195 Å². The number of amides is 2. The average molecular weight is 460 g/mol. The normalized spacial score (nSPS) is 22.5. The van der Waals surface area contributed by atoms with Crippen molar-refractivity contribution in [3.05, 3.63) is 94.5 Å². The zero-order chi connectivity index (χ0) is 22.7.